The van der Waals surface area contributed by atoms with Crippen molar-refractivity contribution in [1.82, 2.24) is 19.5 Å². The zero-order chi connectivity index (χ0) is 21.3. The van der Waals surface area contributed by atoms with E-state index in [4.69, 9.17) is 0 Å². The van der Waals surface area contributed by atoms with Crippen LogP contribution in [0.3, 0.4) is 0 Å². The minimum atomic E-state index is -0.247. The molecule has 0 N–H and O–H groups in total. The van der Waals surface area contributed by atoms with Gasteiger partial charge in [0.1, 0.15) is 6.54 Å². The Morgan fingerprint density at radius 1 is 1.13 bits per heavy atom. The van der Waals surface area contributed by atoms with Gasteiger partial charge < -0.3 is 0 Å². The summed E-state index contributed by atoms with van der Waals surface area (Å²) in [5, 5.41) is 0.580. The monoisotopic (exact) mass is 419 g/mol. The van der Waals surface area contributed by atoms with E-state index in [1.54, 1.807) is 24.9 Å². The molecule has 0 radical (unpaired) electrons. The van der Waals surface area contributed by atoms with Crippen LogP contribution in [0.15, 0.2) is 53.7 Å². The maximum absolute atomic E-state index is 13.3. The van der Waals surface area contributed by atoms with Crippen molar-refractivity contribution in [2.75, 3.05) is 4.90 Å². The molecule has 8 heteroatoms. The number of carbonyl (C=O) groups excluding carboxylic acids is 1. The smallest absolute Gasteiger partial charge is 0.256 e. The highest BCUT2D eigenvalue weighted by atomic mass is 32.1. The zero-order valence-corrected chi connectivity index (χ0v) is 17.8. The first kappa shape index (κ1) is 19.9. The molecule has 0 spiro atoms. The molecule has 7 nitrogen and oxygen atoms in total. The Morgan fingerprint density at radius 2 is 1.97 bits per heavy atom. The number of thiazole rings is 1. The van der Waals surface area contributed by atoms with E-state index < -0.39 is 0 Å². The average molecular weight is 420 g/mol. The maximum Gasteiger partial charge on any atom is 0.256 e. The van der Waals surface area contributed by atoms with Gasteiger partial charge in [0.15, 0.2) is 5.13 Å². The Balaban J connectivity index is 1.71. The number of benzene rings is 1. The molecule has 152 valence electrons. The minimum Gasteiger partial charge on any atom is -0.289 e. The molecule has 4 aromatic rings. The number of fused-ring (bicyclic) bond motifs is 1. The van der Waals surface area contributed by atoms with Crippen molar-refractivity contribution in [3.05, 3.63) is 81.8 Å². The molecule has 1 amide bonds. The molecule has 0 aliphatic carbocycles. The van der Waals surface area contributed by atoms with Crippen molar-refractivity contribution >= 4 is 32.6 Å². The van der Waals surface area contributed by atoms with Gasteiger partial charge in [-0.3, -0.25) is 24.0 Å². The first-order chi connectivity index (χ1) is 14.4. The molecule has 30 heavy (non-hydrogen) atoms. The van der Waals surface area contributed by atoms with Crippen LogP contribution < -0.4 is 10.5 Å². The van der Waals surface area contributed by atoms with E-state index in [0.29, 0.717) is 16.4 Å². The van der Waals surface area contributed by atoms with Gasteiger partial charge in [-0.1, -0.05) is 23.5 Å². The van der Waals surface area contributed by atoms with E-state index >= 15 is 0 Å². The van der Waals surface area contributed by atoms with Gasteiger partial charge in [0, 0.05) is 17.5 Å². The normalized spacial score (nSPS) is 11.0. The summed E-state index contributed by atoms with van der Waals surface area (Å²) in [6.07, 6.45) is 3.11. The fourth-order valence-corrected chi connectivity index (χ4v) is 4.15. The van der Waals surface area contributed by atoms with Gasteiger partial charge >= 0.3 is 0 Å². The van der Waals surface area contributed by atoms with Crippen molar-refractivity contribution in [2.45, 2.75) is 33.9 Å². The van der Waals surface area contributed by atoms with Crippen molar-refractivity contribution in [3.63, 3.8) is 0 Å². The largest absolute Gasteiger partial charge is 0.289 e. The molecule has 0 unspecified atom stereocenters. The average Bonchev–Trinajstić information content (AvgIpc) is 3.16. The molecule has 0 atom stereocenters. The number of anilines is 1. The van der Waals surface area contributed by atoms with Gasteiger partial charge in [-0.05, 0) is 50.6 Å². The van der Waals surface area contributed by atoms with E-state index in [-0.39, 0.29) is 24.6 Å². The van der Waals surface area contributed by atoms with Crippen LogP contribution in [0.5, 0.6) is 0 Å². The van der Waals surface area contributed by atoms with Crippen LogP contribution in [0.2, 0.25) is 0 Å². The lowest BCUT2D eigenvalue weighted by atomic mass is 10.2. The van der Waals surface area contributed by atoms with E-state index in [0.717, 1.165) is 21.5 Å². The Morgan fingerprint density at radius 3 is 2.73 bits per heavy atom. The highest BCUT2D eigenvalue weighted by Crippen LogP contribution is 2.30. The third-order valence-corrected chi connectivity index (χ3v) is 5.97. The van der Waals surface area contributed by atoms with Crippen molar-refractivity contribution in [1.29, 1.82) is 0 Å². The van der Waals surface area contributed by atoms with Crippen LogP contribution in [0.4, 0.5) is 5.13 Å². The highest BCUT2D eigenvalue weighted by Gasteiger charge is 2.22. The molecule has 3 heterocycles. The number of aryl methyl sites for hydroxylation is 2. The van der Waals surface area contributed by atoms with Crippen molar-refractivity contribution < 1.29 is 4.79 Å². The van der Waals surface area contributed by atoms with Gasteiger partial charge in [0.25, 0.3) is 5.56 Å². The number of rotatable bonds is 5. The number of amides is 1. The molecular formula is C22H21N5O2S. The van der Waals surface area contributed by atoms with Crippen LogP contribution >= 0.6 is 11.3 Å². The number of aromatic nitrogens is 4. The third kappa shape index (κ3) is 3.99. The summed E-state index contributed by atoms with van der Waals surface area (Å²) in [4.78, 5) is 40.6. The zero-order valence-electron chi connectivity index (χ0n) is 17.0. The summed E-state index contributed by atoms with van der Waals surface area (Å²) < 4.78 is 2.35. The van der Waals surface area contributed by atoms with Gasteiger partial charge in [-0.15, -0.1) is 0 Å². The van der Waals surface area contributed by atoms with Crippen LogP contribution in [0.1, 0.15) is 22.5 Å². The molecule has 0 fully saturated rings. The quantitative estimate of drug-likeness (QED) is 0.495. The topological polar surface area (TPSA) is 81.0 Å². The summed E-state index contributed by atoms with van der Waals surface area (Å²) in [6.45, 7) is 5.67. The number of hydrogen-bond acceptors (Lipinski definition) is 6. The number of carbonyl (C=O) groups is 1. The van der Waals surface area contributed by atoms with Gasteiger partial charge in [0.05, 0.1) is 28.8 Å². The first-order valence-electron chi connectivity index (χ1n) is 9.52. The highest BCUT2D eigenvalue weighted by molar-refractivity contribution is 7.22. The Labute approximate surface area is 177 Å². The van der Waals surface area contributed by atoms with Crippen LogP contribution in [-0.2, 0) is 17.9 Å². The van der Waals surface area contributed by atoms with E-state index in [9.17, 15) is 9.59 Å². The Kier molecular flexibility index (Phi) is 5.41. The summed E-state index contributed by atoms with van der Waals surface area (Å²) in [5.41, 5.74) is 3.70. The molecular weight excluding hydrogens is 398 g/mol. The Bertz CT molecular complexity index is 1280. The second kappa shape index (κ2) is 8.16. The summed E-state index contributed by atoms with van der Waals surface area (Å²) in [5.74, 6) is -0.247. The van der Waals surface area contributed by atoms with Crippen LogP contribution in [0, 0.1) is 20.8 Å². The Hall–Kier alpha value is -3.39. The van der Waals surface area contributed by atoms with Crippen LogP contribution in [-0.4, -0.2) is 25.4 Å². The van der Waals surface area contributed by atoms with Crippen molar-refractivity contribution in [2.24, 2.45) is 0 Å². The standard InChI is InChI=1S/C22H21N5O2S/c1-14-7-8-18-19(10-14)30-22(25-18)27(11-17-6-4-5-9-23-17)20(28)12-26-13-24-16(3)15(2)21(26)29/h4-10,13H,11-12H2,1-3H3. The lowest BCUT2D eigenvalue weighted by Gasteiger charge is -2.20. The molecule has 3 aromatic heterocycles. The predicted octanol–water partition coefficient (Wildman–Crippen LogP) is 3.41. The minimum absolute atomic E-state index is 0.116. The molecule has 0 saturated heterocycles. The fourth-order valence-electron chi connectivity index (χ4n) is 3.07. The second-order valence-electron chi connectivity index (χ2n) is 7.16. The first-order valence-corrected chi connectivity index (χ1v) is 10.3. The second-order valence-corrected chi connectivity index (χ2v) is 8.17. The molecule has 4 rings (SSSR count). The van der Waals surface area contributed by atoms with E-state index in [1.807, 2.05) is 37.3 Å². The molecule has 0 aliphatic rings. The van der Waals surface area contributed by atoms with Gasteiger partial charge in [-0.25, -0.2) is 9.97 Å². The number of pyridine rings is 1. The predicted molar refractivity (Wildman–Crippen MR) is 118 cm³/mol. The summed E-state index contributed by atoms with van der Waals surface area (Å²) in [7, 11) is 0. The van der Waals surface area contributed by atoms with Gasteiger partial charge in [0.2, 0.25) is 5.91 Å². The number of hydrogen-bond donors (Lipinski definition) is 0. The molecule has 0 saturated carbocycles. The molecule has 1 aromatic carbocycles. The number of nitrogens with zero attached hydrogens (tertiary/aromatic N) is 5. The molecule has 0 aliphatic heterocycles. The van der Waals surface area contributed by atoms with E-state index in [2.05, 4.69) is 21.0 Å². The molecule has 0 bridgehead atoms. The third-order valence-electron chi connectivity index (χ3n) is 4.93. The lowest BCUT2D eigenvalue weighted by Crippen LogP contribution is -2.37. The van der Waals surface area contributed by atoms with Crippen molar-refractivity contribution in [3.8, 4) is 0 Å². The summed E-state index contributed by atoms with van der Waals surface area (Å²) in [6, 6.07) is 11.6. The SMILES string of the molecule is Cc1ccc2nc(N(Cc3ccccn3)C(=O)Cn3cnc(C)c(C)c3=O)sc2c1. The van der Waals surface area contributed by atoms with E-state index in [1.165, 1.54) is 22.2 Å². The van der Waals surface area contributed by atoms with Crippen LogP contribution in [0.25, 0.3) is 10.2 Å². The fraction of sp³-hybridized carbons (Fsp3) is 0.227. The summed E-state index contributed by atoms with van der Waals surface area (Å²) >= 11 is 1.45. The maximum atomic E-state index is 13.3. The lowest BCUT2D eigenvalue weighted by molar-refractivity contribution is -0.119. The van der Waals surface area contributed by atoms with Gasteiger partial charge in [-0.2, -0.15) is 0 Å².